The smallest absolute Gasteiger partial charge is 0.246 e. The summed E-state index contributed by atoms with van der Waals surface area (Å²) in [5.74, 6) is 0.619. The highest BCUT2D eigenvalue weighted by Gasteiger charge is 2.32. The van der Waals surface area contributed by atoms with Crippen LogP contribution in [-0.4, -0.2) is 43.0 Å². The van der Waals surface area contributed by atoms with Crippen molar-refractivity contribution in [1.29, 1.82) is 0 Å². The molecule has 2 N–H and O–H groups in total. The number of likely N-dealkylation sites (tertiary alicyclic amines) is 1. The second-order valence-electron chi connectivity index (χ2n) is 8.48. The zero-order chi connectivity index (χ0) is 22.4. The number of rotatable bonds is 7. The van der Waals surface area contributed by atoms with E-state index >= 15 is 0 Å². The van der Waals surface area contributed by atoms with Gasteiger partial charge in [-0.05, 0) is 43.0 Å². The van der Waals surface area contributed by atoms with Crippen LogP contribution in [-0.2, 0) is 9.59 Å². The summed E-state index contributed by atoms with van der Waals surface area (Å²) in [6, 6.07) is 15.3. The molecule has 166 valence electrons. The summed E-state index contributed by atoms with van der Waals surface area (Å²) in [6.07, 6.45) is 1.64. The molecular weight excluding hydrogens is 390 g/mol. The van der Waals surface area contributed by atoms with Crippen LogP contribution in [0.4, 0.5) is 5.69 Å². The second-order valence-corrected chi connectivity index (χ2v) is 8.48. The average Bonchev–Trinajstić information content (AvgIpc) is 2.76. The number of anilines is 1. The maximum absolute atomic E-state index is 13.5. The van der Waals surface area contributed by atoms with Crippen molar-refractivity contribution in [1.82, 2.24) is 10.2 Å². The minimum Gasteiger partial charge on any atom is -0.495 e. The van der Waals surface area contributed by atoms with Crippen molar-refractivity contribution in [2.24, 2.45) is 5.92 Å². The molecule has 6 nitrogen and oxygen atoms in total. The third kappa shape index (κ3) is 5.85. The molecule has 1 aliphatic heterocycles. The van der Waals surface area contributed by atoms with Crippen LogP contribution < -0.4 is 15.4 Å². The molecule has 1 fully saturated rings. The van der Waals surface area contributed by atoms with Crippen molar-refractivity contribution < 1.29 is 14.3 Å². The van der Waals surface area contributed by atoms with Crippen LogP contribution in [0.2, 0.25) is 0 Å². The lowest BCUT2D eigenvalue weighted by Gasteiger charge is -2.37. The number of aryl methyl sites for hydroxylation is 1. The van der Waals surface area contributed by atoms with Gasteiger partial charge in [-0.15, -0.1) is 0 Å². The van der Waals surface area contributed by atoms with Crippen molar-refractivity contribution in [2.75, 3.05) is 25.5 Å². The van der Waals surface area contributed by atoms with E-state index in [1.165, 1.54) is 0 Å². The average molecular weight is 424 g/mol. The SMILES string of the molecule is COc1ccc(C)cc1NC(=O)C(c1ccccc1)N1CCC(NC(=O)C(C)C)CC1. The predicted molar refractivity (Wildman–Crippen MR) is 123 cm³/mol. The van der Waals surface area contributed by atoms with Crippen LogP contribution in [0.15, 0.2) is 48.5 Å². The molecule has 31 heavy (non-hydrogen) atoms. The number of carbonyl (C=O) groups excluding carboxylic acids is 2. The summed E-state index contributed by atoms with van der Waals surface area (Å²) >= 11 is 0. The fourth-order valence-corrected chi connectivity index (χ4v) is 3.95. The number of piperidine rings is 1. The van der Waals surface area contributed by atoms with Crippen molar-refractivity contribution in [3.63, 3.8) is 0 Å². The molecule has 6 heteroatoms. The minimum absolute atomic E-state index is 0.0230. The van der Waals surface area contributed by atoms with Gasteiger partial charge >= 0.3 is 0 Å². The molecule has 2 aromatic carbocycles. The van der Waals surface area contributed by atoms with E-state index in [9.17, 15) is 9.59 Å². The summed E-state index contributed by atoms with van der Waals surface area (Å²) in [4.78, 5) is 27.7. The highest BCUT2D eigenvalue weighted by atomic mass is 16.5. The first-order valence-corrected chi connectivity index (χ1v) is 10.9. The van der Waals surface area contributed by atoms with Gasteiger partial charge in [0, 0.05) is 25.0 Å². The molecule has 0 spiro atoms. The van der Waals surface area contributed by atoms with Gasteiger partial charge in [-0.2, -0.15) is 0 Å². The van der Waals surface area contributed by atoms with Gasteiger partial charge in [0.25, 0.3) is 0 Å². The molecule has 0 bridgehead atoms. The van der Waals surface area contributed by atoms with Crippen molar-refractivity contribution in [2.45, 2.75) is 45.7 Å². The van der Waals surface area contributed by atoms with Crippen LogP contribution in [0.3, 0.4) is 0 Å². The first kappa shape index (κ1) is 22.8. The number of hydrogen-bond acceptors (Lipinski definition) is 4. The molecule has 0 aliphatic carbocycles. The first-order chi connectivity index (χ1) is 14.9. The third-order valence-corrected chi connectivity index (χ3v) is 5.74. The van der Waals surface area contributed by atoms with Crippen molar-refractivity contribution >= 4 is 17.5 Å². The fraction of sp³-hybridized carbons (Fsp3) is 0.440. The maximum atomic E-state index is 13.5. The Labute approximate surface area is 185 Å². The Hall–Kier alpha value is -2.86. The van der Waals surface area contributed by atoms with Gasteiger partial charge in [-0.1, -0.05) is 50.2 Å². The Bertz CT molecular complexity index is 890. The van der Waals surface area contributed by atoms with E-state index < -0.39 is 6.04 Å². The lowest BCUT2D eigenvalue weighted by Crippen LogP contribution is -2.48. The number of nitrogens with one attached hydrogen (secondary N) is 2. The Balaban J connectivity index is 1.77. The van der Waals surface area contributed by atoms with Gasteiger partial charge in [0.2, 0.25) is 11.8 Å². The number of ether oxygens (including phenoxy) is 1. The predicted octanol–water partition coefficient (Wildman–Crippen LogP) is 3.92. The quantitative estimate of drug-likeness (QED) is 0.708. The number of benzene rings is 2. The molecule has 1 saturated heterocycles. The molecule has 1 aliphatic rings. The summed E-state index contributed by atoms with van der Waals surface area (Å²) in [6.45, 7) is 7.27. The highest BCUT2D eigenvalue weighted by molar-refractivity contribution is 5.96. The van der Waals surface area contributed by atoms with Crippen LogP contribution >= 0.6 is 0 Å². The molecule has 1 atom stereocenters. The maximum Gasteiger partial charge on any atom is 0.246 e. The summed E-state index contributed by atoms with van der Waals surface area (Å²) in [5.41, 5.74) is 2.68. The Morgan fingerprint density at radius 2 is 1.71 bits per heavy atom. The topological polar surface area (TPSA) is 70.7 Å². The standard InChI is InChI=1S/C25H33N3O3/c1-17(2)24(29)26-20-12-14-28(15-13-20)23(19-8-6-5-7-9-19)25(30)27-21-16-18(3)10-11-22(21)31-4/h5-11,16-17,20,23H,12-15H2,1-4H3,(H,26,29)(H,27,30). The Morgan fingerprint density at radius 1 is 1.03 bits per heavy atom. The lowest BCUT2D eigenvalue weighted by molar-refractivity contribution is -0.126. The van der Waals surface area contributed by atoms with Gasteiger partial charge in [0.15, 0.2) is 0 Å². The van der Waals surface area contributed by atoms with E-state index in [2.05, 4.69) is 15.5 Å². The zero-order valence-electron chi connectivity index (χ0n) is 18.9. The van der Waals surface area contributed by atoms with E-state index in [4.69, 9.17) is 4.74 Å². The molecule has 3 rings (SSSR count). The molecule has 2 aromatic rings. The molecule has 0 saturated carbocycles. The van der Waals surface area contributed by atoms with Crippen LogP contribution in [0.25, 0.3) is 0 Å². The van der Waals surface area contributed by atoms with Crippen LogP contribution in [0.5, 0.6) is 5.75 Å². The fourth-order valence-electron chi connectivity index (χ4n) is 3.95. The molecule has 0 aromatic heterocycles. The number of hydrogen-bond donors (Lipinski definition) is 2. The minimum atomic E-state index is -0.409. The molecule has 1 heterocycles. The van der Waals surface area contributed by atoms with E-state index in [1.54, 1.807) is 7.11 Å². The Kier molecular flexibility index (Phi) is 7.69. The normalized spacial score (nSPS) is 16.0. The van der Waals surface area contributed by atoms with Crippen LogP contribution in [0, 0.1) is 12.8 Å². The van der Waals surface area contributed by atoms with Crippen molar-refractivity contribution in [3.8, 4) is 5.75 Å². The number of carbonyl (C=O) groups is 2. The van der Waals surface area contributed by atoms with E-state index in [0.717, 1.165) is 37.1 Å². The number of nitrogens with zero attached hydrogens (tertiary/aromatic N) is 1. The highest BCUT2D eigenvalue weighted by Crippen LogP contribution is 2.30. The molecule has 1 unspecified atom stereocenters. The lowest BCUT2D eigenvalue weighted by atomic mass is 9.98. The number of amides is 2. The van der Waals surface area contributed by atoms with Crippen LogP contribution in [0.1, 0.15) is 43.9 Å². The summed E-state index contributed by atoms with van der Waals surface area (Å²) in [5, 5.41) is 6.21. The first-order valence-electron chi connectivity index (χ1n) is 10.9. The molecular formula is C25H33N3O3. The zero-order valence-corrected chi connectivity index (χ0v) is 18.9. The largest absolute Gasteiger partial charge is 0.495 e. The summed E-state index contributed by atoms with van der Waals surface area (Å²) < 4.78 is 5.43. The third-order valence-electron chi connectivity index (χ3n) is 5.74. The van der Waals surface area contributed by atoms with Gasteiger partial charge in [0.1, 0.15) is 11.8 Å². The van der Waals surface area contributed by atoms with Crippen molar-refractivity contribution in [3.05, 3.63) is 59.7 Å². The second kappa shape index (κ2) is 10.4. The molecule has 0 radical (unpaired) electrons. The van der Waals surface area contributed by atoms with E-state index in [0.29, 0.717) is 11.4 Å². The van der Waals surface area contributed by atoms with Gasteiger partial charge < -0.3 is 15.4 Å². The van der Waals surface area contributed by atoms with Gasteiger partial charge in [-0.3, -0.25) is 14.5 Å². The Morgan fingerprint density at radius 3 is 2.32 bits per heavy atom. The van der Waals surface area contributed by atoms with E-state index in [-0.39, 0.29) is 23.8 Å². The summed E-state index contributed by atoms with van der Waals surface area (Å²) in [7, 11) is 1.60. The molecule has 2 amide bonds. The van der Waals surface area contributed by atoms with Gasteiger partial charge in [0.05, 0.1) is 12.8 Å². The number of methoxy groups -OCH3 is 1. The van der Waals surface area contributed by atoms with Gasteiger partial charge in [-0.25, -0.2) is 0 Å². The monoisotopic (exact) mass is 423 g/mol. The van der Waals surface area contributed by atoms with E-state index in [1.807, 2.05) is 69.3 Å².